The van der Waals surface area contributed by atoms with E-state index in [0.717, 1.165) is 12.1 Å². The Hall–Kier alpha value is -2.36. The van der Waals surface area contributed by atoms with E-state index in [9.17, 15) is 4.79 Å². The van der Waals surface area contributed by atoms with Crippen LogP contribution in [0.5, 0.6) is 0 Å². The van der Waals surface area contributed by atoms with E-state index in [4.69, 9.17) is 5.11 Å². The number of anilines is 2. The van der Waals surface area contributed by atoms with E-state index in [2.05, 4.69) is 29.4 Å². The molecule has 0 aliphatic rings. The number of aromatic nitrogens is 1. The number of aryl methyl sites for hydroxylation is 1. The molecule has 0 saturated heterocycles. The van der Waals surface area contributed by atoms with Crippen molar-refractivity contribution in [2.24, 2.45) is 0 Å². The third-order valence-electron chi connectivity index (χ3n) is 3.10. The maximum atomic E-state index is 11.1. The van der Waals surface area contributed by atoms with Crippen LogP contribution in [0.3, 0.4) is 0 Å². The van der Waals surface area contributed by atoms with Crippen LogP contribution >= 0.6 is 0 Å². The lowest BCUT2D eigenvalue weighted by atomic mass is 10.1. The zero-order valence-electron chi connectivity index (χ0n) is 11.5. The van der Waals surface area contributed by atoms with Crippen molar-refractivity contribution in [1.82, 2.24) is 4.98 Å². The van der Waals surface area contributed by atoms with Crippen LogP contribution in [-0.4, -0.2) is 16.1 Å². The predicted octanol–water partition coefficient (Wildman–Crippen LogP) is 3.87. The molecule has 0 bridgehead atoms. The molecule has 0 atom stereocenters. The molecular formula is C16H18N2O2. The summed E-state index contributed by atoms with van der Waals surface area (Å²) in [5, 5.41) is 12.2. The fraction of sp³-hybridized carbons (Fsp3) is 0.250. The van der Waals surface area contributed by atoms with Crippen LogP contribution < -0.4 is 5.32 Å². The Morgan fingerprint density at radius 3 is 2.65 bits per heavy atom. The molecule has 4 nitrogen and oxygen atoms in total. The van der Waals surface area contributed by atoms with Gasteiger partial charge in [0.1, 0.15) is 0 Å². The molecule has 0 saturated carbocycles. The topological polar surface area (TPSA) is 62.2 Å². The molecule has 0 unspecified atom stereocenters. The molecule has 0 radical (unpaired) electrons. The van der Waals surface area contributed by atoms with Crippen LogP contribution in [0.1, 0.15) is 35.7 Å². The monoisotopic (exact) mass is 270 g/mol. The first kappa shape index (κ1) is 14.1. The summed E-state index contributed by atoms with van der Waals surface area (Å²) in [5.41, 5.74) is 2.87. The molecule has 1 heterocycles. The van der Waals surface area contributed by atoms with Crippen molar-refractivity contribution in [1.29, 1.82) is 0 Å². The first-order valence-electron chi connectivity index (χ1n) is 6.74. The van der Waals surface area contributed by atoms with Gasteiger partial charge >= 0.3 is 5.97 Å². The van der Waals surface area contributed by atoms with Gasteiger partial charge in [-0.3, -0.25) is 4.98 Å². The fourth-order valence-corrected chi connectivity index (χ4v) is 1.97. The van der Waals surface area contributed by atoms with Gasteiger partial charge in [-0.2, -0.15) is 0 Å². The summed E-state index contributed by atoms with van der Waals surface area (Å²) in [5.74, 6) is -0.963. The number of nitrogens with one attached hydrogen (secondary N) is 1. The van der Waals surface area contributed by atoms with Crippen molar-refractivity contribution in [3.8, 4) is 0 Å². The molecular weight excluding hydrogens is 252 g/mol. The SMILES string of the molecule is CCCCc1ccc(Nc2cnccc2C(=O)O)cc1. The van der Waals surface area contributed by atoms with Crippen LogP contribution in [0.25, 0.3) is 0 Å². The second-order valence-corrected chi connectivity index (χ2v) is 4.65. The van der Waals surface area contributed by atoms with Gasteiger partial charge in [0, 0.05) is 11.9 Å². The first-order chi connectivity index (χ1) is 9.70. The molecule has 4 heteroatoms. The van der Waals surface area contributed by atoms with E-state index in [1.807, 2.05) is 12.1 Å². The quantitative estimate of drug-likeness (QED) is 0.836. The number of hydrogen-bond acceptors (Lipinski definition) is 3. The highest BCUT2D eigenvalue weighted by atomic mass is 16.4. The third kappa shape index (κ3) is 3.57. The lowest BCUT2D eigenvalue weighted by Gasteiger charge is -2.09. The Morgan fingerprint density at radius 2 is 2.00 bits per heavy atom. The lowest BCUT2D eigenvalue weighted by molar-refractivity contribution is 0.0698. The van der Waals surface area contributed by atoms with Gasteiger partial charge in [0.15, 0.2) is 0 Å². The van der Waals surface area contributed by atoms with Gasteiger partial charge in [0.25, 0.3) is 0 Å². The highest BCUT2D eigenvalue weighted by Crippen LogP contribution is 2.20. The standard InChI is InChI=1S/C16H18N2O2/c1-2-3-4-12-5-7-13(8-6-12)18-15-11-17-10-9-14(15)16(19)20/h5-11,18H,2-4H2,1H3,(H,19,20). The molecule has 20 heavy (non-hydrogen) atoms. The predicted molar refractivity (Wildman–Crippen MR) is 79.5 cm³/mol. The van der Waals surface area contributed by atoms with Crippen molar-refractivity contribution < 1.29 is 9.90 Å². The van der Waals surface area contributed by atoms with Gasteiger partial charge in [-0.15, -0.1) is 0 Å². The Kier molecular flexibility index (Phi) is 4.71. The Labute approximate surface area is 118 Å². The minimum absolute atomic E-state index is 0.218. The number of benzene rings is 1. The highest BCUT2D eigenvalue weighted by molar-refractivity contribution is 5.94. The maximum Gasteiger partial charge on any atom is 0.337 e. The summed E-state index contributed by atoms with van der Waals surface area (Å²) in [7, 11) is 0. The molecule has 0 fully saturated rings. The van der Waals surface area contributed by atoms with Crippen molar-refractivity contribution in [2.45, 2.75) is 26.2 Å². The number of carbonyl (C=O) groups is 1. The second kappa shape index (κ2) is 6.70. The summed E-state index contributed by atoms with van der Waals surface area (Å²) in [6.45, 7) is 2.17. The van der Waals surface area contributed by atoms with Gasteiger partial charge in [0.2, 0.25) is 0 Å². The van der Waals surface area contributed by atoms with Gasteiger partial charge in [-0.05, 0) is 36.6 Å². The molecule has 2 rings (SSSR count). The van der Waals surface area contributed by atoms with E-state index in [1.54, 1.807) is 0 Å². The number of rotatable bonds is 6. The fourth-order valence-electron chi connectivity index (χ4n) is 1.97. The smallest absolute Gasteiger partial charge is 0.337 e. The van der Waals surface area contributed by atoms with E-state index in [0.29, 0.717) is 5.69 Å². The summed E-state index contributed by atoms with van der Waals surface area (Å²) in [4.78, 5) is 15.1. The van der Waals surface area contributed by atoms with E-state index in [1.165, 1.54) is 36.9 Å². The zero-order valence-corrected chi connectivity index (χ0v) is 11.5. The van der Waals surface area contributed by atoms with Crippen LogP contribution in [0.15, 0.2) is 42.7 Å². The van der Waals surface area contributed by atoms with Gasteiger partial charge in [-0.25, -0.2) is 4.79 Å². The van der Waals surface area contributed by atoms with Crippen molar-refractivity contribution in [2.75, 3.05) is 5.32 Å². The second-order valence-electron chi connectivity index (χ2n) is 4.65. The molecule has 104 valence electrons. The van der Waals surface area contributed by atoms with Crippen LogP contribution in [0.2, 0.25) is 0 Å². The number of pyridine rings is 1. The average Bonchev–Trinajstić information content (AvgIpc) is 2.47. The minimum atomic E-state index is -0.963. The van der Waals surface area contributed by atoms with E-state index in [-0.39, 0.29) is 5.56 Å². The number of carboxylic acids is 1. The third-order valence-corrected chi connectivity index (χ3v) is 3.10. The summed E-state index contributed by atoms with van der Waals surface area (Å²) >= 11 is 0. The maximum absolute atomic E-state index is 11.1. The highest BCUT2D eigenvalue weighted by Gasteiger charge is 2.09. The number of hydrogen-bond donors (Lipinski definition) is 2. The molecule has 1 aromatic heterocycles. The summed E-state index contributed by atoms with van der Waals surface area (Å²) < 4.78 is 0. The van der Waals surface area contributed by atoms with Gasteiger partial charge < -0.3 is 10.4 Å². The molecule has 0 spiro atoms. The lowest BCUT2D eigenvalue weighted by Crippen LogP contribution is -2.03. The van der Waals surface area contributed by atoms with Crippen molar-refractivity contribution >= 4 is 17.3 Å². The molecule has 1 aromatic carbocycles. The Balaban J connectivity index is 2.12. The molecule has 0 amide bonds. The normalized spacial score (nSPS) is 10.2. The first-order valence-corrected chi connectivity index (χ1v) is 6.74. The zero-order chi connectivity index (χ0) is 14.4. The van der Waals surface area contributed by atoms with Crippen LogP contribution in [0.4, 0.5) is 11.4 Å². The molecule has 0 aliphatic carbocycles. The van der Waals surface area contributed by atoms with E-state index < -0.39 is 5.97 Å². The number of unbranched alkanes of at least 4 members (excludes halogenated alkanes) is 1. The van der Waals surface area contributed by atoms with Gasteiger partial charge in [-0.1, -0.05) is 25.5 Å². The molecule has 2 N–H and O–H groups in total. The summed E-state index contributed by atoms with van der Waals surface area (Å²) in [6.07, 6.45) is 6.43. The van der Waals surface area contributed by atoms with Crippen LogP contribution in [0, 0.1) is 0 Å². The van der Waals surface area contributed by atoms with Gasteiger partial charge in [0.05, 0.1) is 17.4 Å². The average molecular weight is 270 g/mol. The summed E-state index contributed by atoms with van der Waals surface area (Å²) in [6, 6.07) is 9.54. The Morgan fingerprint density at radius 1 is 1.25 bits per heavy atom. The van der Waals surface area contributed by atoms with E-state index >= 15 is 0 Å². The number of carboxylic acid groups (broad SMARTS) is 1. The minimum Gasteiger partial charge on any atom is -0.478 e. The number of aromatic carboxylic acids is 1. The molecule has 0 aliphatic heterocycles. The molecule has 2 aromatic rings. The van der Waals surface area contributed by atoms with Crippen molar-refractivity contribution in [3.63, 3.8) is 0 Å². The largest absolute Gasteiger partial charge is 0.478 e. The number of nitrogens with zero attached hydrogens (tertiary/aromatic N) is 1. The van der Waals surface area contributed by atoms with Crippen molar-refractivity contribution in [3.05, 3.63) is 53.9 Å². The van der Waals surface area contributed by atoms with Crippen LogP contribution in [-0.2, 0) is 6.42 Å². The Bertz CT molecular complexity index is 579.